The minimum Gasteiger partial charge on any atom is -0.457 e. The van der Waals surface area contributed by atoms with Crippen molar-refractivity contribution in [2.24, 2.45) is 0 Å². The summed E-state index contributed by atoms with van der Waals surface area (Å²) >= 11 is 0. The summed E-state index contributed by atoms with van der Waals surface area (Å²) in [6.07, 6.45) is 6.92. The molecule has 0 bridgehead atoms. The number of hydrogen-bond donors (Lipinski definition) is 1. The third-order valence-corrected chi connectivity index (χ3v) is 4.86. The van der Waals surface area contributed by atoms with Crippen LogP contribution >= 0.6 is 0 Å². The molecule has 2 aromatic carbocycles. The number of nitrogens with zero attached hydrogens (tertiary/aromatic N) is 5. The Hall–Kier alpha value is -4.53. The largest absolute Gasteiger partial charge is 0.457 e. The zero-order valence-electron chi connectivity index (χ0n) is 16.4. The molecule has 0 spiro atoms. The highest BCUT2D eigenvalue weighted by atomic mass is 16.6. The number of aryl methyl sites for hydroxylation is 1. The predicted molar refractivity (Wildman–Crippen MR) is 116 cm³/mol. The lowest BCUT2D eigenvalue weighted by molar-refractivity contribution is -0.384. The molecule has 0 aliphatic heterocycles. The molecule has 0 aliphatic carbocycles. The van der Waals surface area contributed by atoms with E-state index in [-0.39, 0.29) is 5.69 Å². The van der Waals surface area contributed by atoms with Crippen molar-refractivity contribution in [2.75, 3.05) is 5.32 Å². The first-order valence-corrected chi connectivity index (χ1v) is 9.44. The van der Waals surface area contributed by atoms with Crippen LogP contribution in [-0.4, -0.2) is 24.3 Å². The molecule has 1 N–H and O–H groups in total. The third-order valence-electron chi connectivity index (χ3n) is 4.86. The number of nitrogens with one attached hydrogen (secondary N) is 1. The number of anilines is 2. The van der Waals surface area contributed by atoms with Crippen molar-refractivity contribution in [1.82, 2.24) is 19.4 Å². The van der Waals surface area contributed by atoms with Crippen LogP contribution in [0.15, 0.2) is 73.4 Å². The maximum absolute atomic E-state index is 11.1. The van der Waals surface area contributed by atoms with E-state index in [0.29, 0.717) is 28.2 Å². The zero-order chi connectivity index (χ0) is 21.4. The Bertz CT molecular complexity index is 1450. The Morgan fingerprint density at radius 2 is 1.94 bits per heavy atom. The van der Waals surface area contributed by atoms with Gasteiger partial charge in [-0.1, -0.05) is 0 Å². The number of hydrogen-bond acceptors (Lipinski definition) is 7. The standard InChI is InChI=1S/C22H16N6O3/c1-14-10-15(2-5-20(14)31-17-6-8-27-9-7-23-21(27)12-17)26-22-18-11-16(28(29)30)3-4-19(18)24-13-25-22/h2-13H,1H3,(H,24,25,26). The molecule has 0 saturated heterocycles. The first-order chi connectivity index (χ1) is 15.1. The van der Waals surface area contributed by atoms with Crippen molar-refractivity contribution in [3.05, 3.63) is 89.1 Å². The van der Waals surface area contributed by atoms with Crippen LogP contribution in [0.4, 0.5) is 17.2 Å². The number of fused-ring (bicyclic) bond motifs is 2. The molecule has 9 heteroatoms. The van der Waals surface area contributed by atoms with E-state index in [0.717, 1.165) is 16.9 Å². The smallest absolute Gasteiger partial charge is 0.270 e. The molecule has 0 radical (unpaired) electrons. The van der Waals surface area contributed by atoms with E-state index < -0.39 is 4.92 Å². The van der Waals surface area contributed by atoms with Gasteiger partial charge in [-0.2, -0.15) is 0 Å². The Morgan fingerprint density at radius 3 is 2.77 bits per heavy atom. The SMILES string of the molecule is Cc1cc(Nc2ncnc3ccc([N+](=O)[O-])cc23)ccc1Oc1ccn2ccnc2c1. The number of nitro benzene ring substituents is 1. The molecule has 0 unspecified atom stereocenters. The fourth-order valence-corrected chi connectivity index (χ4v) is 3.32. The molecule has 0 amide bonds. The van der Waals surface area contributed by atoms with Gasteiger partial charge >= 0.3 is 0 Å². The number of nitro groups is 1. The van der Waals surface area contributed by atoms with Crippen LogP contribution in [0.1, 0.15) is 5.56 Å². The van der Waals surface area contributed by atoms with E-state index in [1.54, 1.807) is 12.3 Å². The summed E-state index contributed by atoms with van der Waals surface area (Å²) < 4.78 is 7.93. The maximum atomic E-state index is 11.1. The summed E-state index contributed by atoms with van der Waals surface area (Å²) in [7, 11) is 0. The fraction of sp³-hybridized carbons (Fsp3) is 0.0455. The molecular weight excluding hydrogens is 396 g/mol. The van der Waals surface area contributed by atoms with Crippen LogP contribution in [-0.2, 0) is 0 Å². The van der Waals surface area contributed by atoms with E-state index in [4.69, 9.17) is 4.74 Å². The van der Waals surface area contributed by atoms with Crippen molar-refractivity contribution in [3.8, 4) is 11.5 Å². The summed E-state index contributed by atoms with van der Waals surface area (Å²) in [5.74, 6) is 1.90. The second-order valence-corrected chi connectivity index (χ2v) is 6.94. The topological polar surface area (TPSA) is 107 Å². The normalized spacial score (nSPS) is 11.0. The van der Waals surface area contributed by atoms with Crippen LogP contribution in [0.3, 0.4) is 0 Å². The second kappa shape index (κ2) is 7.38. The third kappa shape index (κ3) is 3.60. The number of pyridine rings is 1. The minimum absolute atomic E-state index is 0.0141. The molecular formula is C22H16N6O3. The first kappa shape index (κ1) is 18.5. The fourth-order valence-electron chi connectivity index (χ4n) is 3.32. The van der Waals surface area contributed by atoms with Crippen molar-refractivity contribution in [1.29, 1.82) is 0 Å². The van der Waals surface area contributed by atoms with Gasteiger partial charge in [0.1, 0.15) is 29.3 Å². The second-order valence-electron chi connectivity index (χ2n) is 6.94. The number of ether oxygens (including phenoxy) is 1. The lowest BCUT2D eigenvalue weighted by Crippen LogP contribution is -1.98. The highest BCUT2D eigenvalue weighted by Gasteiger charge is 2.12. The molecule has 0 atom stereocenters. The summed E-state index contributed by atoms with van der Waals surface area (Å²) in [6.45, 7) is 1.94. The summed E-state index contributed by atoms with van der Waals surface area (Å²) in [6, 6.07) is 13.9. The molecule has 3 aromatic heterocycles. The predicted octanol–water partition coefficient (Wildman–Crippen LogP) is 5.03. The van der Waals surface area contributed by atoms with Crippen LogP contribution in [0, 0.1) is 17.0 Å². The monoisotopic (exact) mass is 412 g/mol. The molecule has 3 heterocycles. The van der Waals surface area contributed by atoms with E-state index in [9.17, 15) is 10.1 Å². The average molecular weight is 412 g/mol. The van der Waals surface area contributed by atoms with Gasteiger partial charge in [0.25, 0.3) is 5.69 Å². The van der Waals surface area contributed by atoms with Crippen molar-refractivity contribution in [3.63, 3.8) is 0 Å². The molecule has 152 valence electrons. The Labute approximate surface area is 176 Å². The lowest BCUT2D eigenvalue weighted by atomic mass is 10.1. The van der Waals surface area contributed by atoms with Crippen molar-refractivity contribution in [2.45, 2.75) is 6.92 Å². The van der Waals surface area contributed by atoms with Gasteiger partial charge in [-0.05, 0) is 42.8 Å². The number of benzene rings is 2. The van der Waals surface area contributed by atoms with Gasteiger partial charge < -0.3 is 14.5 Å². The minimum atomic E-state index is -0.437. The summed E-state index contributed by atoms with van der Waals surface area (Å²) in [5, 5.41) is 14.9. The summed E-state index contributed by atoms with van der Waals surface area (Å²) in [4.78, 5) is 23.4. The van der Waals surface area contributed by atoms with E-state index in [2.05, 4.69) is 20.3 Å². The average Bonchev–Trinajstić information content (AvgIpc) is 3.23. The number of non-ortho nitro benzene ring substituents is 1. The molecule has 5 rings (SSSR count). The van der Waals surface area contributed by atoms with Gasteiger partial charge in [0.15, 0.2) is 0 Å². The highest BCUT2D eigenvalue weighted by Crippen LogP contribution is 2.31. The Morgan fingerprint density at radius 1 is 1.03 bits per heavy atom. The molecule has 31 heavy (non-hydrogen) atoms. The van der Waals surface area contributed by atoms with Crippen LogP contribution in [0.5, 0.6) is 11.5 Å². The molecule has 0 saturated carbocycles. The van der Waals surface area contributed by atoms with Gasteiger partial charge in [-0.3, -0.25) is 10.1 Å². The van der Waals surface area contributed by atoms with Gasteiger partial charge in [0.2, 0.25) is 0 Å². The highest BCUT2D eigenvalue weighted by molar-refractivity contribution is 5.92. The Balaban J connectivity index is 1.42. The molecule has 0 aliphatic rings. The van der Waals surface area contributed by atoms with Gasteiger partial charge in [-0.15, -0.1) is 0 Å². The van der Waals surface area contributed by atoms with E-state index in [1.165, 1.54) is 18.5 Å². The van der Waals surface area contributed by atoms with Crippen molar-refractivity contribution >= 4 is 33.7 Å². The maximum Gasteiger partial charge on any atom is 0.270 e. The van der Waals surface area contributed by atoms with Crippen LogP contribution in [0.2, 0.25) is 0 Å². The van der Waals surface area contributed by atoms with Crippen molar-refractivity contribution < 1.29 is 9.66 Å². The van der Waals surface area contributed by atoms with Crippen LogP contribution < -0.4 is 10.1 Å². The first-order valence-electron chi connectivity index (χ1n) is 9.44. The summed E-state index contributed by atoms with van der Waals surface area (Å²) in [5.41, 5.74) is 3.10. The van der Waals surface area contributed by atoms with Gasteiger partial charge in [-0.25, -0.2) is 15.0 Å². The zero-order valence-corrected chi connectivity index (χ0v) is 16.4. The van der Waals surface area contributed by atoms with E-state index >= 15 is 0 Å². The number of imidazole rings is 1. The lowest BCUT2D eigenvalue weighted by Gasteiger charge is -2.12. The molecule has 5 aromatic rings. The number of aromatic nitrogens is 4. The molecule has 9 nitrogen and oxygen atoms in total. The molecule has 0 fully saturated rings. The van der Waals surface area contributed by atoms with Gasteiger partial charge in [0.05, 0.1) is 10.4 Å². The van der Waals surface area contributed by atoms with Gasteiger partial charge in [0, 0.05) is 47.9 Å². The van der Waals surface area contributed by atoms with E-state index in [1.807, 2.05) is 54.0 Å². The Kier molecular flexibility index (Phi) is 4.40. The quantitative estimate of drug-likeness (QED) is 0.319. The number of rotatable bonds is 5. The van der Waals surface area contributed by atoms with Crippen LogP contribution in [0.25, 0.3) is 16.6 Å².